The van der Waals surface area contributed by atoms with Crippen molar-refractivity contribution in [1.82, 2.24) is 5.32 Å². The van der Waals surface area contributed by atoms with E-state index in [1.54, 1.807) is 14.0 Å². The lowest BCUT2D eigenvalue weighted by Gasteiger charge is -2.18. The normalized spacial score (nSPS) is 12.2. The molecule has 0 saturated heterocycles. The van der Waals surface area contributed by atoms with Crippen molar-refractivity contribution in [3.8, 4) is 5.75 Å². The predicted molar refractivity (Wildman–Crippen MR) is 79.6 cm³/mol. The number of halogens is 1. The Morgan fingerprint density at radius 2 is 2.00 bits per heavy atom. The fourth-order valence-corrected chi connectivity index (χ4v) is 2.31. The quantitative estimate of drug-likeness (QED) is 0.898. The smallest absolute Gasteiger partial charge is 0.126 e. The largest absolute Gasteiger partial charge is 0.497 e. The topological polar surface area (TPSA) is 21.3 Å². The van der Waals surface area contributed by atoms with Gasteiger partial charge >= 0.3 is 0 Å². The summed E-state index contributed by atoms with van der Waals surface area (Å²) in [7, 11) is 3.58. The Morgan fingerprint density at radius 3 is 2.65 bits per heavy atom. The van der Waals surface area contributed by atoms with Crippen molar-refractivity contribution < 1.29 is 9.13 Å². The van der Waals surface area contributed by atoms with Crippen LogP contribution in [0.1, 0.15) is 22.7 Å². The van der Waals surface area contributed by atoms with Gasteiger partial charge in [-0.3, -0.25) is 0 Å². The van der Waals surface area contributed by atoms with E-state index in [1.807, 2.05) is 37.4 Å². The highest BCUT2D eigenvalue weighted by Gasteiger charge is 2.12. The van der Waals surface area contributed by atoms with Crippen LogP contribution in [0, 0.1) is 12.7 Å². The maximum absolute atomic E-state index is 13.4. The molecule has 2 aromatic carbocycles. The van der Waals surface area contributed by atoms with Gasteiger partial charge in [0.15, 0.2) is 0 Å². The molecular formula is C17H20FNO. The number of rotatable bonds is 5. The van der Waals surface area contributed by atoms with Gasteiger partial charge in [-0.1, -0.05) is 24.3 Å². The van der Waals surface area contributed by atoms with Crippen LogP contribution in [0.4, 0.5) is 4.39 Å². The third-order valence-electron chi connectivity index (χ3n) is 3.51. The van der Waals surface area contributed by atoms with Crippen LogP contribution in [0.2, 0.25) is 0 Å². The lowest BCUT2D eigenvalue weighted by atomic mass is 9.97. The van der Waals surface area contributed by atoms with Gasteiger partial charge in [-0.05, 0) is 55.3 Å². The van der Waals surface area contributed by atoms with Gasteiger partial charge in [0.1, 0.15) is 11.6 Å². The third-order valence-corrected chi connectivity index (χ3v) is 3.51. The van der Waals surface area contributed by atoms with Crippen LogP contribution in [-0.4, -0.2) is 14.2 Å². The van der Waals surface area contributed by atoms with E-state index in [0.717, 1.165) is 17.7 Å². The van der Waals surface area contributed by atoms with Gasteiger partial charge in [-0.2, -0.15) is 0 Å². The number of likely N-dealkylation sites (N-methyl/N-ethyl adjacent to an activating group) is 1. The highest BCUT2D eigenvalue weighted by Crippen LogP contribution is 2.22. The van der Waals surface area contributed by atoms with Crippen molar-refractivity contribution in [3.05, 3.63) is 65.0 Å². The lowest BCUT2D eigenvalue weighted by molar-refractivity contribution is 0.414. The molecule has 0 fully saturated rings. The molecule has 0 aromatic heterocycles. The fraction of sp³-hybridized carbons (Fsp3) is 0.294. The summed E-state index contributed by atoms with van der Waals surface area (Å²) in [4.78, 5) is 0. The number of hydrogen-bond acceptors (Lipinski definition) is 2. The number of nitrogens with one attached hydrogen (secondary N) is 1. The first-order valence-electron chi connectivity index (χ1n) is 6.70. The van der Waals surface area contributed by atoms with Crippen LogP contribution in [0.3, 0.4) is 0 Å². The van der Waals surface area contributed by atoms with Crippen LogP contribution in [-0.2, 0) is 6.42 Å². The van der Waals surface area contributed by atoms with E-state index < -0.39 is 0 Å². The molecular weight excluding hydrogens is 253 g/mol. The Bertz CT molecular complexity index is 583. The minimum Gasteiger partial charge on any atom is -0.497 e. The summed E-state index contributed by atoms with van der Waals surface area (Å²) in [5.41, 5.74) is 2.95. The second-order valence-electron chi connectivity index (χ2n) is 4.91. The molecule has 0 aliphatic carbocycles. The molecule has 0 spiro atoms. The van der Waals surface area contributed by atoms with E-state index in [2.05, 4.69) is 11.4 Å². The van der Waals surface area contributed by atoms with Crippen molar-refractivity contribution in [1.29, 1.82) is 0 Å². The predicted octanol–water partition coefficient (Wildman–Crippen LogP) is 3.65. The molecule has 2 rings (SSSR count). The first kappa shape index (κ1) is 14.5. The molecule has 20 heavy (non-hydrogen) atoms. The van der Waals surface area contributed by atoms with Gasteiger partial charge in [0.25, 0.3) is 0 Å². The molecule has 1 N–H and O–H groups in total. The van der Waals surface area contributed by atoms with Crippen molar-refractivity contribution in [2.45, 2.75) is 19.4 Å². The van der Waals surface area contributed by atoms with E-state index in [0.29, 0.717) is 5.56 Å². The fourth-order valence-electron chi connectivity index (χ4n) is 2.31. The van der Waals surface area contributed by atoms with E-state index >= 15 is 0 Å². The number of methoxy groups -OCH3 is 1. The SMILES string of the molecule is CNC(Cc1cccc(OC)c1)c1ccc(F)c(C)c1. The zero-order chi connectivity index (χ0) is 14.5. The highest BCUT2D eigenvalue weighted by atomic mass is 19.1. The number of ether oxygens (including phenoxy) is 1. The third kappa shape index (κ3) is 3.36. The van der Waals surface area contributed by atoms with Crippen molar-refractivity contribution in [2.24, 2.45) is 0 Å². The summed E-state index contributed by atoms with van der Waals surface area (Å²) in [6.07, 6.45) is 0.832. The Hall–Kier alpha value is -1.87. The molecule has 0 amide bonds. The first-order valence-corrected chi connectivity index (χ1v) is 6.70. The summed E-state index contributed by atoms with van der Waals surface area (Å²) in [5, 5.41) is 3.29. The summed E-state index contributed by atoms with van der Waals surface area (Å²) < 4.78 is 18.6. The lowest BCUT2D eigenvalue weighted by Crippen LogP contribution is -2.19. The van der Waals surface area contributed by atoms with E-state index in [-0.39, 0.29) is 11.9 Å². The zero-order valence-corrected chi connectivity index (χ0v) is 12.1. The second kappa shape index (κ2) is 6.53. The minimum atomic E-state index is -0.162. The molecule has 2 aromatic rings. The summed E-state index contributed by atoms with van der Waals surface area (Å²) in [6, 6.07) is 13.4. The molecule has 106 valence electrons. The highest BCUT2D eigenvalue weighted by molar-refractivity contribution is 5.32. The van der Waals surface area contributed by atoms with Crippen molar-refractivity contribution in [3.63, 3.8) is 0 Å². The molecule has 0 radical (unpaired) electrons. The number of benzene rings is 2. The van der Waals surface area contributed by atoms with Gasteiger partial charge in [0, 0.05) is 6.04 Å². The van der Waals surface area contributed by atoms with Crippen LogP contribution in [0.25, 0.3) is 0 Å². The molecule has 1 unspecified atom stereocenters. The molecule has 3 heteroatoms. The average Bonchev–Trinajstić information content (AvgIpc) is 2.48. The number of hydrogen-bond donors (Lipinski definition) is 1. The van der Waals surface area contributed by atoms with E-state index in [9.17, 15) is 4.39 Å². The Balaban J connectivity index is 2.21. The van der Waals surface area contributed by atoms with Crippen LogP contribution in [0.5, 0.6) is 5.75 Å². The Kier molecular flexibility index (Phi) is 4.74. The Morgan fingerprint density at radius 1 is 1.20 bits per heavy atom. The monoisotopic (exact) mass is 273 g/mol. The molecule has 0 saturated carbocycles. The van der Waals surface area contributed by atoms with E-state index in [4.69, 9.17) is 4.74 Å². The molecule has 0 bridgehead atoms. The van der Waals surface area contributed by atoms with Gasteiger partial charge in [0.2, 0.25) is 0 Å². The van der Waals surface area contributed by atoms with Gasteiger partial charge < -0.3 is 10.1 Å². The number of aryl methyl sites for hydroxylation is 1. The Labute approximate surface area is 119 Å². The van der Waals surface area contributed by atoms with Crippen LogP contribution >= 0.6 is 0 Å². The summed E-state index contributed by atoms with van der Waals surface area (Å²) in [5.74, 6) is 0.692. The average molecular weight is 273 g/mol. The summed E-state index contributed by atoms with van der Waals surface area (Å²) in [6.45, 7) is 1.79. The molecule has 0 aliphatic rings. The second-order valence-corrected chi connectivity index (χ2v) is 4.91. The standard InChI is InChI=1S/C17H20FNO/c1-12-9-14(7-8-16(12)18)17(19-2)11-13-5-4-6-15(10-13)20-3/h4-10,17,19H,11H2,1-3H3. The van der Waals surface area contributed by atoms with Gasteiger partial charge in [0.05, 0.1) is 7.11 Å². The minimum absolute atomic E-state index is 0.154. The van der Waals surface area contributed by atoms with Gasteiger partial charge in [-0.25, -0.2) is 4.39 Å². The molecule has 1 atom stereocenters. The molecule has 0 heterocycles. The maximum Gasteiger partial charge on any atom is 0.126 e. The van der Waals surface area contributed by atoms with Gasteiger partial charge in [-0.15, -0.1) is 0 Å². The summed E-state index contributed by atoms with van der Waals surface area (Å²) >= 11 is 0. The molecule has 2 nitrogen and oxygen atoms in total. The molecule has 0 aliphatic heterocycles. The van der Waals surface area contributed by atoms with Crippen LogP contribution < -0.4 is 10.1 Å². The maximum atomic E-state index is 13.4. The van der Waals surface area contributed by atoms with Crippen LogP contribution in [0.15, 0.2) is 42.5 Å². The van der Waals surface area contributed by atoms with Crippen molar-refractivity contribution in [2.75, 3.05) is 14.2 Å². The first-order chi connectivity index (χ1) is 9.63. The van der Waals surface area contributed by atoms with E-state index in [1.165, 1.54) is 11.6 Å². The zero-order valence-electron chi connectivity index (χ0n) is 12.1. The van der Waals surface area contributed by atoms with Crippen molar-refractivity contribution >= 4 is 0 Å².